The Morgan fingerprint density at radius 2 is 1.81 bits per heavy atom. The third-order valence-corrected chi connectivity index (χ3v) is 3.10. The summed E-state index contributed by atoms with van der Waals surface area (Å²) < 4.78 is 0. The fourth-order valence-electron chi connectivity index (χ4n) is 2.10. The van der Waals surface area contributed by atoms with Crippen LogP contribution in [0.2, 0.25) is 0 Å². The Balaban J connectivity index is 0.00000106. The largest absolute Gasteiger partial charge is 0.341 e. The average molecular weight is 277 g/mol. The molecule has 0 spiro atoms. The Morgan fingerprint density at radius 3 is 2.38 bits per heavy atom. The molecule has 1 heteroatoms. The van der Waals surface area contributed by atoms with Crippen molar-refractivity contribution in [1.82, 2.24) is 4.90 Å². The zero-order valence-corrected chi connectivity index (χ0v) is 13.2. The first-order chi connectivity index (χ1) is 10.2. The quantitative estimate of drug-likeness (QED) is 0.700. The van der Waals surface area contributed by atoms with E-state index in [0.29, 0.717) is 0 Å². The van der Waals surface area contributed by atoms with Gasteiger partial charge in [0, 0.05) is 23.4 Å². The molecule has 0 fully saturated rings. The van der Waals surface area contributed by atoms with E-state index in [1.165, 1.54) is 5.56 Å². The highest BCUT2D eigenvalue weighted by Crippen LogP contribution is 2.24. The molecular weight excluding hydrogens is 254 g/mol. The van der Waals surface area contributed by atoms with Gasteiger partial charge < -0.3 is 4.90 Å². The smallest absolute Gasteiger partial charge is 0.0564 e. The van der Waals surface area contributed by atoms with Crippen molar-refractivity contribution in [3.63, 3.8) is 0 Å². The SMILES string of the molecule is C=C/C1=C(\C=C)N(C(=C)C)Cc2ccccc2C#C1.CC. The highest BCUT2D eigenvalue weighted by molar-refractivity contribution is 5.53. The van der Waals surface area contributed by atoms with Crippen molar-refractivity contribution >= 4 is 0 Å². The first-order valence-corrected chi connectivity index (χ1v) is 7.19. The molecule has 1 nitrogen and oxygen atoms in total. The van der Waals surface area contributed by atoms with Crippen LogP contribution in [-0.2, 0) is 6.54 Å². The molecule has 0 unspecified atom stereocenters. The molecule has 0 N–H and O–H groups in total. The lowest BCUT2D eigenvalue weighted by molar-refractivity contribution is 0.433. The second-order valence-electron chi connectivity index (χ2n) is 4.44. The summed E-state index contributed by atoms with van der Waals surface area (Å²) in [7, 11) is 0. The van der Waals surface area contributed by atoms with Gasteiger partial charge in [-0.1, -0.05) is 69.7 Å². The maximum Gasteiger partial charge on any atom is 0.0564 e. The molecular formula is C20H23N. The zero-order valence-electron chi connectivity index (χ0n) is 13.2. The second-order valence-corrected chi connectivity index (χ2v) is 4.44. The monoisotopic (exact) mass is 277 g/mol. The van der Waals surface area contributed by atoms with Gasteiger partial charge in [0.05, 0.1) is 5.70 Å². The number of hydrogen-bond donors (Lipinski definition) is 0. The maximum absolute atomic E-state index is 4.05. The fraction of sp³-hybridized carbons (Fsp3) is 0.200. The van der Waals surface area contributed by atoms with Gasteiger partial charge in [-0.3, -0.25) is 0 Å². The van der Waals surface area contributed by atoms with E-state index in [2.05, 4.69) is 42.5 Å². The van der Waals surface area contributed by atoms with E-state index in [-0.39, 0.29) is 0 Å². The molecule has 1 aromatic rings. The molecule has 0 saturated heterocycles. The molecule has 0 atom stereocenters. The zero-order chi connectivity index (χ0) is 15.8. The van der Waals surface area contributed by atoms with Gasteiger partial charge in [-0.25, -0.2) is 0 Å². The molecule has 21 heavy (non-hydrogen) atoms. The first kappa shape index (κ1) is 16.6. The van der Waals surface area contributed by atoms with E-state index < -0.39 is 0 Å². The molecule has 0 saturated carbocycles. The highest BCUT2D eigenvalue weighted by atomic mass is 15.1. The summed E-state index contributed by atoms with van der Waals surface area (Å²) in [6, 6.07) is 8.18. The molecule has 1 aliphatic rings. The van der Waals surface area contributed by atoms with Gasteiger partial charge in [0.2, 0.25) is 0 Å². The van der Waals surface area contributed by atoms with Crippen LogP contribution in [0.15, 0.2) is 73.1 Å². The van der Waals surface area contributed by atoms with Gasteiger partial charge in [-0.15, -0.1) is 0 Å². The first-order valence-electron chi connectivity index (χ1n) is 7.19. The minimum atomic E-state index is 0.749. The van der Waals surface area contributed by atoms with Crippen molar-refractivity contribution in [3.8, 4) is 11.8 Å². The van der Waals surface area contributed by atoms with Crippen molar-refractivity contribution < 1.29 is 0 Å². The van der Waals surface area contributed by atoms with Crippen LogP contribution in [0.1, 0.15) is 31.9 Å². The van der Waals surface area contributed by atoms with E-state index in [0.717, 1.165) is 29.1 Å². The Morgan fingerprint density at radius 1 is 1.14 bits per heavy atom. The van der Waals surface area contributed by atoms with Crippen molar-refractivity contribution in [1.29, 1.82) is 0 Å². The van der Waals surface area contributed by atoms with Crippen LogP contribution in [0.4, 0.5) is 0 Å². The van der Waals surface area contributed by atoms with Gasteiger partial charge in [-0.2, -0.15) is 0 Å². The van der Waals surface area contributed by atoms with Crippen molar-refractivity contribution in [2.24, 2.45) is 0 Å². The lowest BCUT2D eigenvalue weighted by Gasteiger charge is -2.28. The number of rotatable bonds is 3. The molecule has 1 aliphatic heterocycles. The van der Waals surface area contributed by atoms with Gasteiger partial charge in [-0.05, 0) is 24.6 Å². The van der Waals surface area contributed by atoms with Crippen LogP contribution in [0.3, 0.4) is 0 Å². The Kier molecular flexibility index (Phi) is 6.30. The Labute approximate surface area is 129 Å². The van der Waals surface area contributed by atoms with E-state index in [1.807, 2.05) is 45.0 Å². The highest BCUT2D eigenvalue weighted by Gasteiger charge is 2.15. The molecule has 0 radical (unpaired) electrons. The van der Waals surface area contributed by atoms with Crippen molar-refractivity contribution in [2.45, 2.75) is 27.3 Å². The number of nitrogens with zero attached hydrogens (tertiary/aromatic N) is 1. The lowest BCUT2D eigenvalue weighted by atomic mass is 10.0. The Bertz CT molecular complexity index is 635. The predicted octanol–water partition coefficient (Wildman–Crippen LogP) is 5.04. The normalized spacial score (nSPS) is 16.0. The molecule has 0 aromatic heterocycles. The number of allylic oxidation sites excluding steroid dienone is 4. The minimum absolute atomic E-state index is 0.749. The standard InChI is InChI=1S/C18H17N.C2H6/c1-5-15-11-12-16-9-7-8-10-17(16)13-19(14(3)4)18(15)6-2;1-2/h5-10H,1-3,13H2,4H3;1-2H3/b18-15-;. The number of fused-ring (bicyclic) bond motifs is 1. The van der Waals surface area contributed by atoms with Crippen molar-refractivity contribution in [3.05, 3.63) is 84.2 Å². The van der Waals surface area contributed by atoms with Crippen LogP contribution < -0.4 is 0 Å². The molecule has 0 bridgehead atoms. The molecule has 1 heterocycles. The van der Waals surface area contributed by atoms with Gasteiger partial charge in [0.15, 0.2) is 0 Å². The second kappa shape index (κ2) is 7.97. The Hall–Kier alpha value is -2.46. The third kappa shape index (κ3) is 3.77. The molecule has 0 amide bonds. The van der Waals surface area contributed by atoms with Crippen molar-refractivity contribution in [2.75, 3.05) is 0 Å². The molecule has 2 rings (SSSR count). The summed E-state index contributed by atoms with van der Waals surface area (Å²) in [5, 5.41) is 0. The van der Waals surface area contributed by atoms with E-state index in [9.17, 15) is 0 Å². The third-order valence-electron chi connectivity index (χ3n) is 3.10. The summed E-state index contributed by atoms with van der Waals surface area (Å²) in [5.74, 6) is 6.38. The molecule has 0 aliphatic carbocycles. The fourth-order valence-corrected chi connectivity index (χ4v) is 2.10. The van der Waals surface area contributed by atoms with Gasteiger partial charge in [0.1, 0.15) is 0 Å². The lowest BCUT2D eigenvalue weighted by Crippen LogP contribution is -2.21. The van der Waals surface area contributed by atoms with Gasteiger partial charge in [0.25, 0.3) is 0 Å². The van der Waals surface area contributed by atoms with Crippen LogP contribution in [0.25, 0.3) is 0 Å². The average Bonchev–Trinajstić information content (AvgIpc) is 2.50. The van der Waals surface area contributed by atoms with Crippen LogP contribution in [0, 0.1) is 11.8 Å². The number of hydrogen-bond acceptors (Lipinski definition) is 1. The summed E-state index contributed by atoms with van der Waals surface area (Å²) >= 11 is 0. The van der Waals surface area contributed by atoms with Crippen LogP contribution >= 0.6 is 0 Å². The topological polar surface area (TPSA) is 3.24 Å². The minimum Gasteiger partial charge on any atom is -0.341 e. The predicted molar refractivity (Wildman–Crippen MR) is 92.4 cm³/mol. The van der Waals surface area contributed by atoms with Crippen LogP contribution in [0.5, 0.6) is 0 Å². The van der Waals surface area contributed by atoms with E-state index >= 15 is 0 Å². The van der Waals surface area contributed by atoms with E-state index in [1.54, 1.807) is 6.08 Å². The maximum atomic E-state index is 4.05. The summed E-state index contributed by atoms with van der Waals surface area (Å²) in [4.78, 5) is 2.12. The van der Waals surface area contributed by atoms with E-state index in [4.69, 9.17) is 0 Å². The number of benzene rings is 1. The summed E-state index contributed by atoms with van der Waals surface area (Å²) in [6.45, 7) is 18.5. The summed E-state index contributed by atoms with van der Waals surface area (Å²) in [6.07, 6.45) is 3.59. The van der Waals surface area contributed by atoms with Gasteiger partial charge >= 0.3 is 0 Å². The van der Waals surface area contributed by atoms with Crippen LogP contribution in [-0.4, -0.2) is 4.90 Å². The molecule has 108 valence electrons. The summed E-state index contributed by atoms with van der Waals surface area (Å²) in [5.41, 5.74) is 5.06. The molecule has 1 aromatic carbocycles.